The highest BCUT2D eigenvalue weighted by molar-refractivity contribution is 7.10. The number of nitrogen functional groups attached to an aromatic ring is 1. The third-order valence-corrected chi connectivity index (χ3v) is 4.14. The highest BCUT2D eigenvalue weighted by Crippen LogP contribution is 2.29. The van der Waals surface area contributed by atoms with Crippen LogP contribution in [0.5, 0.6) is 0 Å². The van der Waals surface area contributed by atoms with E-state index in [2.05, 4.69) is 29.3 Å². The molecule has 0 aliphatic heterocycles. The lowest BCUT2D eigenvalue weighted by Gasteiger charge is -2.26. The fourth-order valence-corrected chi connectivity index (χ4v) is 2.63. The van der Waals surface area contributed by atoms with Crippen molar-refractivity contribution in [2.75, 3.05) is 17.7 Å². The zero-order valence-electron chi connectivity index (χ0n) is 10.4. The van der Waals surface area contributed by atoms with E-state index in [1.54, 1.807) is 17.4 Å². The minimum atomic E-state index is 0.278. The Morgan fingerprint density at radius 1 is 1.39 bits per heavy atom. The molecule has 2 rings (SSSR count). The van der Waals surface area contributed by atoms with Crippen LogP contribution in [-0.4, -0.2) is 7.05 Å². The van der Waals surface area contributed by atoms with Gasteiger partial charge < -0.3 is 10.6 Å². The van der Waals surface area contributed by atoms with Crippen molar-refractivity contribution in [2.24, 2.45) is 0 Å². The summed E-state index contributed by atoms with van der Waals surface area (Å²) in [5.41, 5.74) is 7.79. The molecule has 0 saturated heterocycles. The van der Waals surface area contributed by atoms with Gasteiger partial charge in [0.1, 0.15) is 6.07 Å². The Kier molecular flexibility index (Phi) is 3.54. The van der Waals surface area contributed by atoms with Crippen molar-refractivity contribution in [1.82, 2.24) is 0 Å². The lowest BCUT2D eigenvalue weighted by molar-refractivity contribution is 0.754. The Hall–Kier alpha value is -1.99. The minimum Gasteiger partial charge on any atom is -0.398 e. The Balaban J connectivity index is 2.29. The number of anilines is 2. The molecule has 1 atom stereocenters. The smallest absolute Gasteiger partial charge is 0.101 e. The first-order valence-corrected chi connectivity index (χ1v) is 6.57. The van der Waals surface area contributed by atoms with Gasteiger partial charge in [-0.1, -0.05) is 6.07 Å². The highest BCUT2D eigenvalue weighted by Gasteiger charge is 2.14. The fraction of sp³-hybridized carbons (Fsp3) is 0.214. The normalized spacial score (nSPS) is 11.8. The second kappa shape index (κ2) is 5.11. The number of nitriles is 1. The Bertz CT molecular complexity index is 569. The molecule has 1 unspecified atom stereocenters. The van der Waals surface area contributed by atoms with E-state index in [9.17, 15) is 0 Å². The summed E-state index contributed by atoms with van der Waals surface area (Å²) in [7, 11) is 2.02. The predicted molar refractivity (Wildman–Crippen MR) is 76.7 cm³/mol. The summed E-state index contributed by atoms with van der Waals surface area (Å²) >= 11 is 1.74. The van der Waals surface area contributed by atoms with E-state index in [1.165, 1.54) is 4.88 Å². The lowest BCUT2D eigenvalue weighted by atomic mass is 10.1. The average Bonchev–Trinajstić information content (AvgIpc) is 2.91. The monoisotopic (exact) mass is 257 g/mol. The van der Waals surface area contributed by atoms with Crippen LogP contribution in [0, 0.1) is 11.3 Å². The van der Waals surface area contributed by atoms with E-state index in [4.69, 9.17) is 11.0 Å². The Morgan fingerprint density at radius 3 is 2.78 bits per heavy atom. The molecule has 3 nitrogen and oxygen atoms in total. The largest absolute Gasteiger partial charge is 0.398 e. The van der Waals surface area contributed by atoms with Crippen LogP contribution in [0.3, 0.4) is 0 Å². The van der Waals surface area contributed by atoms with Crippen molar-refractivity contribution in [2.45, 2.75) is 13.0 Å². The number of thiophene rings is 1. The summed E-state index contributed by atoms with van der Waals surface area (Å²) < 4.78 is 0. The molecular formula is C14H15N3S. The van der Waals surface area contributed by atoms with Gasteiger partial charge in [0, 0.05) is 23.3 Å². The van der Waals surface area contributed by atoms with Gasteiger partial charge in [-0.25, -0.2) is 0 Å². The zero-order valence-corrected chi connectivity index (χ0v) is 11.2. The molecule has 92 valence electrons. The first-order chi connectivity index (χ1) is 8.63. The number of hydrogen-bond donors (Lipinski definition) is 1. The van der Waals surface area contributed by atoms with Crippen LogP contribution < -0.4 is 10.6 Å². The molecule has 0 saturated carbocycles. The number of nitrogens with zero attached hydrogens (tertiary/aromatic N) is 2. The molecule has 2 N–H and O–H groups in total. The minimum absolute atomic E-state index is 0.278. The van der Waals surface area contributed by atoms with Gasteiger partial charge in [-0.05, 0) is 36.6 Å². The van der Waals surface area contributed by atoms with Gasteiger partial charge >= 0.3 is 0 Å². The molecule has 0 amide bonds. The third kappa shape index (κ3) is 2.31. The van der Waals surface area contributed by atoms with Crippen LogP contribution in [0.25, 0.3) is 0 Å². The molecule has 1 heterocycles. The molecule has 18 heavy (non-hydrogen) atoms. The second-order valence-corrected chi connectivity index (χ2v) is 5.16. The quantitative estimate of drug-likeness (QED) is 0.857. The van der Waals surface area contributed by atoms with Crippen LogP contribution in [0.4, 0.5) is 11.4 Å². The molecule has 0 fully saturated rings. The van der Waals surface area contributed by atoms with E-state index in [-0.39, 0.29) is 6.04 Å². The molecule has 0 aliphatic carbocycles. The summed E-state index contributed by atoms with van der Waals surface area (Å²) in [4.78, 5) is 3.44. The first-order valence-electron chi connectivity index (χ1n) is 5.69. The molecule has 1 aromatic carbocycles. The maximum Gasteiger partial charge on any atom is 0.101 e. The van der Waals surface area contributed by atoms with Gasteiger partial charge in [-0.2, -0.15) is 5.26 Å². The van der Waals surface area contributed by atoms with Crippen molar-refractivity contribution in [1.29, 1.82) is 5.26 Å². The topological polar surface area (TPSA) is 53.0 Å². The SMILES string of the molecule is CC(c1cccs1)N(C)c1ccc(N)c(C#N)c1. The van der Waals surface area contributed by atoms with Crippen molar-refractivity contribution in [3.05, 3.63) is 46.2 Å². The van der Waals surface area contributed by atoms with E-state index < -0.39 is 0 Å². The predicted octanol–water partition coefficient (Wildman–Crippen LogP) is 3.40. The van der Waals surface area contributed by atoms with Crippen LogP contribution >= 0.6 is 11.3 Å². The lowest BCUT2D eigenvalue weighted by Crippen LogP contribution is -2.20. The van der Waals surface area contributed by atoms with Crippen LogP contribution in [0.1, 0.15) is 23.4 Å². The first kappa shape index (κ1) is 12.5. The summed E-state index contributed by atoms with van der Waals surface area (Å²) in [6.07, 6.45) is 0. The van der Waals surface area contributed by atoms with Gasteiger partial charge in [0.05, 0.1) is 11.6 Å². The molecule has 4 heteroatoms. The van der Waals surface area contributed by atoms with Gasteiger partial charge in [-0.15, -0.1) is 11.3 Å². The molecule has 0 radical (unpaired) electrons. The highest BCUT2D eigenvalue weighted by atomic mass is 32.1. The number of rotatable bonds is 3. The van der Waals surface area contributed by atoms with E-state index in [0.29, 0.717) is 11.3 Å². The van der Waals surface area contributed by atoms with Crippen LogP contribution in [-0.2, 0) is 0 Å². The maximum absolute atomic E-state index is 9.00. The number of hydrogen-bond acceptors (Lipinski definition) is 4. The third-order valence-electron chi connectivity index (χ3n) is 3.10. The summed E-state index contributed by atoms with van der Waals surface area (Å²) in [6.45, 7) is 2.15. The summed E-state index contributed by atoms with van der Waals surface area (Å²) in [5.74, 6) is 0. The van der Waals surface area contributed by atoms with Crippen LogP contribution in [0.2, 0.25) is 0 Å². The molecule has 0 spiro atoms. The molecule has 0 aliphatic rings. The van der Waals surface area contributed by atoms with Crippen molar-refractivity contribution in [3.8, 4) is 6.07 Å². The maximum atomic E-state index is 9.00. The van der Waals surface area contributed by atoms with E-state index in [0.717, 1.165) is 5.69 Å². The average molecular weight is 257 g/mol. The van der Waals surface area contributed by atoms with Crippen molar-refractivity contribution < 1.29 is 0 Å². The summed E-state index contributed by atoms with van der Waals surface area (Å²) in [5, 5.41) is 11.1. The zero-order chi connectivity index (χ0) is 13.1. The summed E-state index contributed by atoms with van der Waals surface area (Å²) in [6, 6.07) is 12.1. The van der Waals surface area contributed by atoms with Gasteiger partial charge in [0.25, 0.3) is 0 Å². The second-order valence-electron chi connectivity index (χ2n) is 4.19. The number of benzene rings is 1. The Morgan fingerprint density at radius 2 is 2.17 bits per heavy atom. The molecular weight excluding hydrogens is 242 g/mol. The molecule has 1 aromatic heterocycles. The Labute approximate surface area is 111 Å². The number of nitrogens with two attached hydrogens (primary N) is 1. The standard InChI is InChI=1S/C14H15N3S/c1-10(14-4-3-7-18-14)17(2)12-5-6-13(16)11(8-12)9-15/h3-8,10H,16H2,1-2H3. The van der Waals surface area contributed by atoms with Crippen LogP contribution in [0.15, 0.2) is 35.7 Å². The van der Waals surface area contributed by atoms with E-state index >= 15 is 0 Å². The van der Waals surface area contributed by atoms with Gasteiger partial charge in [0.2, 0.25) is 0 Å². The molecule has 0 bridgehead atoms. The fourth-order valence-electron chi connectivity index (χ4n) is 1.80. The molecule has 2 aromatic rings. The van der Waals surface area contributed by atoms with Crippen molar-refractivity contribution >= 4 is 22.7 Å². The van der Waals surface area contributed by atoms with Gasteiger partial charge in [-0.3, -0.25) is 0 Å². The van der Waals surface area contributed by atoms with Gasteiger partial charge in [0.15, 0.2) is 0 Å². The van der Waals surface area contributed by atoms with E-state index in [1.807, 2.05) is 25.2 Å². The van der Waals surface area contributed by atoms with Crippen molar-refractivity contribution in [3.63, 3.8) is 0 Å².